The van der Waals surface area contributed by atoms with Gasteiger partial charge in [0, 0.05) is 5.02 Å². The highest BCUT2D eigenvalue weighted by molar-refractivity contribution is 7.13. The number of hydrogen-bond donors (Lipinski definition) is 1. The van der Waals surface area contributed by atoms with Gasteiger partial charge in [-0.15, -0.1) is 11.3 Å². The molecule has 20 heavy (non-hydrogen) atoms. The van der Waals surface area contributed by atoms with Crippen molar-refractivity contribution in [2.45, 2.75) is 13.0 Å². The lowest BCUT2D eigenvalue weighted by molar-refractivity contribution is 0.217. The number of nitrogens with zero attached hydrogens (tertiary/aromatic N) is 2. The molecule has 3 aromatic rings. The van der Waals surface area contributed by atoms with Crippen LogP contribution in [0, 0.1) is 0 Å². The van der Waals surface area contributed by atoms with Gasteiger partial charge in [0.1, 0.15) is 5.75 Å². The summed E-state index contributed by atoms with van der Waals surface area (Å²) in [4.78, 5) is 5.49. The molecule has 1 atom stereocenters. The van der Waals surface area contributed by atoms with Crippen LogP contribution in [-0.2, 0) is 0 Å². The van der Waals surface area contributed by atoms with E-state index in [1.54, 1.807) is 17.4 Å². The molecular weight excluding hydrogens is 294 g/mol. The van der Waals surface area contributed by atoms with E-state index in [0.717, 1.165) is 4.88 Å². The lowest BCUT2D eigenvalue weighted by Gasteiger charge is -2.11. The van der Waals surface area contributed by atoms with Gasteiger partial charge in [-0.1, -0.05) is 23.7 Å². The van der Waals surface area contributed by atoms with Crippen LogP contribution in [0.2, 0.25) is 5.02 Å². The largest absolute Gasteiger partial charge is 0.483 e. The van der Waals surface area contributed by atoms with Gasteiger partial charge in [-0.3, -0.25) is 5.10 Å². The summed E-state index contributed by atoms with van der Waals surface area (Å²) in [6.07, 6.45) is -0.227. The number of hydrogen-bond acceptors (Lipinski definition) is 4. The van der Waals surface area contributed by atoms with Crippen molar-refractivity contribution in [1.29, 1.82) is 0 Å². The normalized spacial score (nSPS) is 12.3. The smallest absolute Gasteiger partial charge is 0.191 e. The number of rotatable bonds is 4. The predicted molar refractivity (Wildman–Crippen MR) is 80.2 cm³/mol. The van der Waals surface area contributed by atoms with Crippen molar-refractivity contribution in [3.63, 3.8) is 0 Å². The van der Waals surface area contributed by atoms with E-state index >= 15 is 0 Å². The summed E-state index contributed by atoms with van der Waals surface area (Å²) in [7, 11) is 0. The van der Waals surface area contributed by atoms with Gasteiger partial charge < -0.3 is 4.74 Å². The first-order chi connectivity index (χ1) is 9.72. The zero-order valence-corrected chi connectivity index (χ0v) is 12.3. The van der Waals surface area contributed by atoms with Gasteiger partial charge >= 0.3 is 0 Å². The maximum absolute atomic E-state index is 5.93. The monoisotopic (exact) mass is 305 g/mol. The first-order valence-corrected chi connectivity index (χ1v) is 7.36. The van der Waals surface area contributed by atoms with Gasteiger partial charge in [0.15, 0.2) is 17.8 Å². The molecule has 0 spiro atoms. The molecule has 0 saturated carbocycles. The Labute approximate surface area is 125 Å². The van der Waals surface area contributed by atoms with Crippen molar-refractivity contribution in [1.82, 2.24) is 15.2 Å². The quantitative estimate of drug-likeness (QED) is 0.780. The van der Waals surface area contributed by atoms with Crippen molar-refractivity contribution < 1.29 is 4.74 Å². The molecule has 2 heterocycles. The van der Waals surface area contributed by atoms with Crippen LogP contribution < -0.4 is 4.74 Å². The van der Waals surface area contributed by atoms with E-state index in [-0.39, 0.29) is 6.10 Å². The van der Waals surface area contributed by atoms with Crippen molar-refractivity contribution >= 4 is 22.9 Å². The number of ether oxygens (including phenoxy) is 1. The van der Waals surface area contributed by atoms with Crippen LogP contribution in [-0.4, -0.2) is 15.2 Å². The molecule has 0 saturated heterocycles. The van der Waals surface area contributed by atoms with Crippen molar-refractivity contribution in [2.24, 2.45) is 0 Å². The molecule has 2 aromatic heterocycles. The standard InChI is InChI=1S/C14H12ClN3OS/c1-9(19-11-5-2-4-10(15)8-11)13-16-14(18-17-13)12-6-3-7-20-12/h2-9H,1H3,(H,16,17,18). The molecule has 0 amide bonds. The van der Waals surface area contributed by atoms with Crippen molar-refractivity contribution in [3.05, 3.63) is 52.6 Å². The number of benzene rings is 1. The van der Waals surface area contributed by atoms with Crippen LogP contribution in [0.4, 0.5) is 0 Å². The minimum Gasteiger partial charge on any atom is -0.483 e. The Morgan fingerprint density at radius 2 is 2.20 bits per heavy atom. The van der Waals surface area contributed by atoms with E-state index in [4.69, 9.17) is 16.3 Å². The fourth-order valence-corrected chi connectivity index (χ4v) is 2.61. The Hall–Kier alpha value is -1.85. The van der Waals surface area contributed by atoms with Gasteiger partial charge in [0.25, 0.3) is 0 Å². The topological polar surface area (TPSA) is 50.8 Å². The van der Waals surface area contributed by atoms with Crippen LogP contribution in [0.25, 0.3) is 10.7 Å². The van der Waals surface area contributed by atoms with Crippen LogP contribution in [0.1, 0.15) is 18.9 Å². The number of thiophene rings is 1. The molecule has 1 aromatic carbocycles. The summed E-state index contributed by atoms with van der Waals surface area (Å²) in [5.74, 6) is 2.09. The third-order valence-corrected chi connectivity index (χ3v) is 3.84. The Morgan fingerprint density at radius 3 is 2.95 bits per heavy atom. The van der Waals surface area contributed by atoms with Crippen LogP contribution in [0.3, 0.4) is 0 Å². The molecule has 0 aliphatic rings. The molecule has 0 aliphatic heterocycles. The average molecular weight is 306 g/mol. The van der Waals surface area contributed by atoms with Gasteiger partial charge in [-0.2, -0.15) is 5.10 Å². The summed E-state index contributed by atoms with van der Waals surface area (Å²) >= 11 is 7.54. The van der Waals surface area contributed by atoms with Gasteiger partial charge in [-0.25, -0.2) is 4.98 Å². The number of nitrogens with one attached hydrogen (secondary N) is 1. The number of aromatic nitrogens is 3. The molecule has 102 valence electrons. The lowest BCUT2D eigenvalue weighted by Crippen LogP contribution is -2.05. The minimum atomic E-state index is -0.227. The Bertz CT molecular complexity index is 696. The molecular formula is C14H12ClN3OS. The summed E-state index contributed by atoms with van der Waals surface area (Å²) < 4.78 is 5.80. The summed E-state index contributed by atoms with van der Waals surface area (Å²) in [5, 5.41) is 9.77. The number of H-pyrrole nitrogens is 1. The fraction of sp³-hybridized carbons (Fsp3) is 0.143. The van der Waals surface area contributed by atoms with E-state index in [2.05, 4.69) is 15.2 Å². The third kappa shape index (κ3) is 2.84. The highest BCUT2D eigenvalue weighted by Gasteiger charge is 2.14. The second-order valence-electron chi connectivity index (χ2n) is 4.24. The summed E-state index contributed by atoms with van der Waals surface area (Å²) in [5.41, 5.74) is 0. The number of halogens is 1. The Balaban J connectivity index is 1.76. The zero-order valence-electron chi connectivity index (χ0n) is 10.7. The third-order valence-electron chi connectivity index (χ3n) is 2.74. The molecule has 0 aliphatic carbocycles. The Kier molecular flexibility index (Phi) is 3.71. The van der Waals surface area contributed by atoms with Crippen LogP contribution >= 0.6 is 22.9 Å². The first kappa shape index (κ1) is 13.1. The second-order valence-corrected chi connectivity index (χ2v) is 5.62. The second kappa shape index (κ2) is 5.64. The average Bonchev–Trinajstić information content (AvgIpc) is 3.10. The van der Waals surface area contributed by atoms with Crippen LogP contribution in [0.15, 0.2) is 41.8 Å². The predicted octanol–water partition coefficient (Wildman–Crippen LogP) is 4.33. The minimum absolute atomic E-state index is 0.227. The highest BCUT2D eigenvalue weighted by atomic mass is 35.5. The first-order valence-electron chi connectivity index (χ1n) is 6.11. The van der Waals surface area contributed by atoms with Crippen LogP contribution in [0.5, 0.6) is 5.75 Å². The van der Waals surface area contributed by atoms with E-state index in [1.165, 1.54) is 0 Å². The molecule has 1 N–H and O–H groups in total. The molecule has 6 heteroatoms. The number of aromatic amines is 1. The van der Waals surface area contributed by atoms with Crippen molar-refractivity contribution in [3.8, 4) is 16.5 Å². The van der Waals surface area contributed by atoms with Gasteiger partial charge in [-0.05, 0) is 36.6 Å². The maximum atomic E-state index is 5.93. The Morgan fingerprint density at radius 1 is 1.30 bits per heavy atom. The molecule has 0 fully saturated rings. The fourth-order valence-electron chi connectivity index (χ4n) is 1.77. The molecule has 0 radical (unpaired) electrons. The molecule has 4 nitrogen and oxygen atoms in total. The van der Waals surface area contributed by atoms with E-state index in [0.29, 0.717) is 22.4 Å². The molecule has 1 unspecified atom stereocenters. The van der Waals surface area contributed by atoms with E-state index < -0.39 is 0 Å². The lowest BCUT2D eigenvalue weighted by atomic mass is 10.3. The van der Waals surface area contributed by atoms with Gasteiger partial charge in [0.05, 0.1) is 4.88 Å². The molecule has 0 bridgehead atoms. The zero-order chi connectivity index (χ0) is 13.9. The van der Waals surface area contributed by atoms with Gasteiger partial charge in [0.2, 0.25) is 0 Å². The summed E-state index contributed by atoms with van der Waals surface area (Å²) in [6.45, 7) is 1.92. The van der Waals surface area contributed by atoms with E-state index in [9.17, 15) is 0 Å². The highest BCUT2D eigenvalue weighted by Crippen LogP contribution is 2.25. The van der Waals surface area contributed by atoms with Crippen molar-refractivity contribution in [2.75, 3.05) is 0 Å². The molecule has 3 rings (SSSR count). The maximum Gasteiger partial charge on any atom is 0.191 e. The SMILES string of the molecule is CC(Oc1cccc(Cl)c1)c1nc(-c2cccs2)n[nH]1. The van der Waals surface area contributed by atoms with E-state index in [1.807, 2.05) is 42.6 Å². The summed E-state index contributed by atoms with van der Waals surface area (Å²) in [6, 6.07) is 11.2.